The number of aromatic nitrogens is 2. The molecule has 3 heterocycles. The summed E-state index contributed by atoms with van der Waals surface area (Å²) in [5, 5.41) is 24.7. The fraction of sp³-hybridized carbons (Fsp3) is 0.538. The third-order valence-electron chi connectivity index (χ3n) is 7.38. The van der Waals surface area contributed by atoms with Crippen LogP contribution >= 0.6 is 0 Å². The van der Waals surface area contributed by atoms with E-state index >= 15 is 0 Å². The van der Waals surface area contributed by atoms with E-state index in [4.69, 9.17) is 4.74 Å². The van der Waals surface area contributed by atoms with Crippen molar-refractivity contribution >= 4 is 11.9 Å². The van der Waals surface area contributed by atoms with E-state index in [1.807, 2.05) is 18.2 Å². The molecule has 2 bridgehead atoms. The van der Waals surface area contributed by atoms with Crippen molar-refractivity contribution in [2.24, 2.45) is 0 Å². The molecule has 1 saturated heterocycles. The molecule has 0 saturated carbocycles. The van der Waals surface area contributed by atoms with Gasteiger partial charge in [-0.3, -0.25) is 9.47 Å². The molecule has 2 aromatic rings. The second-order valence-corrected chi connectivity index (χ2v) is 9.70. The number of nitrogens with zero attached hydrogens (tertiary/aromatic N) is 4. The molecule has 2 aromatic heterocycles. The van der Waals surface area contributed by atoms with E-state index in [9.17, 15) is 15.0 Å². The zero-order valence-corrected chi connectivity index (χ0v) is 20.3. The number of allylic oxidation sites excluding steroid dienone is 2. The Hall–Kier alpha value is -3.20. The number of pyridine rings is 1. The molecule has 3 aliphatic rings. The minimum atomic E-state index is -0.520. The normalized spacial score (nSPS) is 21.8. The zero-order valence-electron chi connectivity index (χ0n) is 20.3. The van der Waals surface area contributed by atoms with Crippen LogP contribution in [0.25, 0.3) is 0 Å². The van der Waals surface area contributed by atoms with Gasteiger partial charge in [-0.2, -0.15) is 0 Å². The van der Waals surface area contributed by atoms with Crippen LogP contribution < -0.4 is 10.2 Å². The lowest BCUT2D eigenvalue weighted by atomic mass is 10.0. The highest BCUT2D eigenvalue weighted by atomic mass is 16.6. The van der Waals surface area contributed by atoms with Crippen molar-refractivity contribution < 1.29 is 19.7 Å². The highest BCUT2D eigenvalue weighted by Crippen LogP contribution is 2.56. The number of piperazine rings is 1. The van der Waals surface area contributed by atoms with Crippen LogP contribution in [0.1, 0.15) is 49.1 Å². The molecule has 9 heteroatoms. The van der Waals surface area contributed by atoms with Crippen LogP contribution in [0.5, 0.6) is 11.8 Å². The first kappa shape index (κ1) is 23.5. The Bertz CT molecular complexity index is 1030. The number of carbonyl (C=O) groups is 1. The predicted molar refractivity (Wildman–Crippen MR) is 133 cm³/mol. The van der Waals surface area contributed by atoms with E-state index < -0.39 is 12.2 Å². The van der Waals surface area contributed by atoms with E-state index in [0.717, 1.165) is 62.4 Å². The molecule has 3 unspecified atom stereocenters. The average molecular weight is 482 g/mol. The predicted octanol–water partition coefficient (Wildman–Crippen LogP) is 3.15. The highest BCUT2D eigenvalue weighted by molar-refractivity contribution is 5.67. The van der Waals surface area contributed by atoms with Gasteiger partial charge in [0.15, 0.2) is 11.8 Å². The highest BCUT2D eigenvalue weighted by Gasteiger charge is 2.41. The molecular formula is C26H35N5O4. The SMILES string of the molecule is CCCCNC(=O)OC(CN1CCN(c2ccccn2)CC1)Cn1c(O)c2c(c1O)C1C=CC2C1. The van der Waals surface area contributed by atoms with Crippen molar-refractivity contribution in [3.63, 3.8) is 0 Å². The third kappa shape index (κ3) is 4.82. The first-order valence-corrected chi connectivity index (χ1v) is 12.7. The van der Waals surface area contributed by atoms with Gasteiger partial charge in [0.05, 0.1) is 6.54 Å². The number of carbonyl (C=O) groups excluding carboxylic acids is 1. The van der Waals surface area contributed by atoms with Gasteiger partial charge in [0.1, 0.15) is 11.9 Å². The molecule has 0 aromatic carbocycles. The molecule has 9 nitrogen and oxygen atoms in total. The van der Waals surface area contributed by atoms with E-state index in [1.54, 1.807) is 6.20 Å². The van der Waals surface area contributed by atoms with E-state index in [2.05, 4.69) is 39.2 Å². The van der Waals surface area contributed by atoms with Gasteiger partial charge in [-0.15, -0.1) is 0 Å². The maximum Gasteiger partial charge on any atom is 0.407 e. The van der Waals surface area contributed by atoms with Gasteiger partial charge >= 0.3 is 6.09 Å². The average Bonchev–Trinajstić information content (AvgIpc) is 3.55. The van der Waals surface area contributed by atoms with Crippen LogP contribution in [0, 0.1) is 0 Å². The monoisotopic (exact) mass is 481 g/mol. The first-order chi connectivity index (χ1) is 17.0. The Morgan fingerprint density at radius 2 is 1.83 bits per heavy atom. The molecular weight excluding hydrogens is 446 g/mol. The van der Waals surface area contributed by atoms with Crippen LogP contribution in [0.3, 0.4) is 0 Å². The van der Waals surface area contributed by atoms with Gasteiger partial charge in [-0.25, -0.2) is 9.78 Å². The van der Waals surface area contributed by atoms with Crippen molar-refractivity contribution in [3.05, 3.63) is 47.7 Å². The number of aromatic hydroxyl groups is 2. The number of unbranched alkanes of at least 4 members (excludes halogenated alkanes) is 1. The summed E-state index contributed by atoms with van der Waals surface area (Å²) < 4.78 is 7.34. The zero-order chi connectivity index (χ0) is 24.4. The lowest BCUT2D eigenvalue weighted by Gasteiger charge is -2.36. The van der Waals surface area contributed by atoms with Crippen molar-refractivity contribution in [3.8, 4) is 11.8 Å². The molecule has 1 fully saturated rings. The summed E-state index contributed by atoms with van der Waals surface area (Å²) in [7, 11) is 0. The molecule has 3 N–H and O–H groups in total. The maximum atomic E-state index is 12.5. The van der Waals surface area contributed by atoms with Crippen molar-refractivity contribution in [1.82, 2.24) is 19.8 Å². The lowest BCUT2D eigenvalue weighted by Crippen LogP contribution is -2.50. The minimum Gasteiger partial charge on any atom is -0.494 e. The lowest BCUT2D eigenvalue weighted by molar-refractivity contribution is 0.0558. The van der Waals surface area contributed by atoms with Gasteiger partial charge in [-0.1, -0.05) is 31.6 Å². The number of fused-ring (bicyclic) bond motifs is 5. The number of alkyl carbamates (subject to hydrolysis) is 1. The Labute approximate surface area is 206 Å². The third-order valence-corrected chi connectivity index (χ3v) is 7.38. The largest absolute Gasteiger partial charge is 0.494 e. The summed E-state index contributed by atoms with van der Waals surface area (Å²) in [4.78, 5) is 21.5. The summed E-state index contributed by atoms with van der Waals surface area (Å²) in [6.45, 7) is 6.62. The van der Waals surface area contributed by atoms with Crippen molar-refractivity contribution in [1.29, 1.82) is 0 Å². The number of anilines is 1. The molecule has 0 spiro atoms. The summed E-state index contributed by atoms with van der Waals surface area (Å²) in [6, 6.07) is 5.92. The number of amides is 1. The van der Waals surface area contributed by atoms with Crippen LogP contribution in [0.4, 0.5) is 10.6 Å². The van der Waals surface area contributed by atoms with Gasteiger partial charge in [-0.05, 0) is 25.0 Å². The second-order valence-electron chi connectivity index (χ2n) is 9.70. The van der Waals surface area contributed by atoms with Gasteiger partial charge < -0.3 is 25.2 Å². The Kier molecular flexibility index (Phi) is 6.86. The summed E-state index contributed by atoms with van der Waals surface area (Å²) in [5.41, 5.74) is 1.65. The Balaban J connectivity index is 1.27. The minimum absolute atomic E-state index is 0.0920. The molecule has 2 aliphatic carbocycles. The topological polar surface area (TPSA) is 103 Å². The smallest absolute Gasteiger partial charge is 0.407 e. The fourth-order valence-electron chi connectivity index (χ4n) is 5.55. The molecule has 5 rings (SSSR count). The van der Waals surface area contributed by atoms with Gasteiger partial charge in [0.25, 0.3) is 0 Å². The first-order valence-electron chi connectivity index (χ1n) is 12.7. The van der Waals surface area contributed by atoms with E-state index in [-0.39, 0.29) is 30.1 Å². The fourth-order valence-corrected chi connectivity index (χ4v) is 5.55. The number of hydrogen-bond donors (Lipinski definition) is 3. The maximum absolute atomic E-state index is 12.5. The standard InChI is InChI=1S/C26H35N5O4/c1-2-3-9-28-26(34)35-20(16-29-11-13-30(14-12-29)21-6-4-5-10-27-21)17-31-24(32)22-18-7-8-19(15-18)23(22)25(31)33/h4-8,10,18-20,32-33H,2-3,9,11-17H2,1H3,(H,28,34). The number of nitrogens with one attached hydrogen (secondary N) is 1. The summed E-state index contributed by atoms with van der Waals surface area (Å²) in [5.74, 6) is 1.45. The summed E-state index contributed by atoms with van der Waals surface area (Å²) >= 11 is 0. The number of ether oxygens (including phenoxy) is 1. The molecule has 0 radical (unpaired) electrons. The quantitative estimate of drug-likeness (QED) is 0.373. The Morgan fingerprint density at radius 1 is 1.11 bits per heavy atom. The molecule has 3 atom stereocenters. The van der Waals surface area contributed by atoms with Crippen LogP contribution in [0.2, 0.25) is 0 Å². The number of rotatable bonds is 9. The summed E-state index contributed by atoms with van der Waals surface area (Å²) in [6.07, 6.45) is 7.81. The van der Waals surface area contributed by atoms with Crippen molar-refractivity contribution in [2.45, 2.75) is 50.7 Å². The van der Waals surface area contributed by atoms with Gasteiger partial charge in [0, 0.05) is 68.4 Å². The van der Waals surface area contributed by atoms with Crippen LogP contribution in [-0.2, 0) is 11.3 Å². The molecule has 1 amide bonds. The van der Waals surface area contributed by atoms with E-state index in [0.29, 0.717) is 13.1 Å². The molecule has 35 heavy (non-hydrogen) atoms. The molecule has 1 aliphatic heterocycles. The van der Waals surface area contributed by atoms with Crippen LogP contribution in [-0.4, -0.2) is 76.1 Å². The van der Waals surface area contributed by atoms with Crippen LogP contribution in [0.15, 0.2) is 36.5 Å². The van der Waals surface area contributed by atoms with E-state index in [1.165, 1.54) is 4.57 Å². The Morgan fingerprint density at radius 3 is 2.46 bits per heavy atom. The second kappa shape index (κ2) is 10.2. The van der Waals surface area contributed by atoms with Crippen molar-refractivity contribution in [2.75, 3.05) is 44.2 Å². The molecule has 188 valence electrons. The van der Waals surface area contributed by atoms with Gasteiger partial charge in [0.2, 0.25) is 0 Å². The number of hydrogen-bond acceptors (Lipinski definition) is 7.